The summed E-state index contributed by atoms with van der Waals surface area (Å²) in [5, 5.41) is 0.882. The van der Waals surface area contributed by atoms with Crippen molar-refractivity contribution in [2.75, 3.05) is 5.73 Å². The Bertz CT molecular complexity index is 2330. The molecule has 2 N–H and O–H groups in total. The molecule has 8 aromatic rings. The Kier molecular flexibility index (Phi) is 7.88. The lowest BCUT2D eigenvalue weighted by atomic mass is 9.95. The van der Waals surface area contributed by atoms with Gasteiger partial charge >= 0.3 is 0 Å². The minimum atomic E-state index is 0.363. The summed E-state index contributed by atoms with van der Waals surface area (Å²) in [6.45, 7) is 0. The first-order valence-corrected chi connectivity index (χ1v) is 16.4. The zero-order chi connectivity index (χ0) is 33.3. The first-order valence-electron chi connectivity index (χ1n) is 16.4. The number of benzene rings is 2. The van der Waals surface area contributed by atoms with E-state index in [0.29, 0.717) is 23.1 Å². The molecule has 0 amide bonds. The van der Waals surface area contributed by atoms with Crippen molar-refractivity contribution >= 4 is 28.1 Å². The number of imidazole rings is 3. The monoisotopic (exact) mass is 649 g/mol. The van der Waals surface area contributed by atoms with E-state index < -0.39 is 0 Å². The number of rotatable bonds is 5. The zero-order valence-electron chi connectivity index (χ0n) is 27.3. The summed E-state index contributed by atoms with van der Waals surface area (Å²) >= 11 is 0. The van der Waals surface area contributed by atoms with Crippen LogP contribution in [0.15, 0.2) is 103 Å². The number of nitrogens with two attached hydrogens (primary N) is 1. The number of anilines is 1. The summed E-state index contributed by atoms with van der Waals surface area (Å²) in [5.41, 5.74) is 14.1. The average Bonchev–Trinajstić information content (AvgIpc) is 3.93. The molecular weight excluding hydrogens is 614 g/mol. The third kappa shape index (κ3) is 5.60. The maximum Gasteiger partial charge on any atom is 0.229 e. The number of nitrogen functional groups attached to an aromatic ring is 1. The molecule has 0 spiro atoms. The van der Waals surface area contributed by atoms with Crippen LogP contribution in [-0.4, -0.2) is 48.6 Å². The van der Waals surface area contributed by atoms with E-state index in [1.807, 2.05) is 84.2 Å². The molecule has 6 heterocycles. The molecule has 0 unspecified atom stereocenters. The largest absolute Gasteiger partial charge is 0.436 e. The second-order valence-corrected chi connectivity index (χ2v) is 12.3. The van der Waals surface area contributed by atoms with Crippen molar-refractivity contribution in [3.05, 3.63) is 98.2 Å². The van der Waals surface area contributed by atoms with Crippen molar-refractivity contribution in [3.63, 3.8) is 0 Å². The molecule has 9 rings (SSSR count). The summed E-state index contributed by atoms with van der Waals surface area (Å²) in [6.07, 6.45) is 14.4. The van der Waals surface area contributed by atoms with Gasteiger partial charge in [-0.05, 0) is 18.9 Å². The Morgan fingerprint density at radius 1 is 0.735 bits per heavy atom. The van der Waals surface area contributed by atoms with Gasteiger partial charge in [-0.3, -0.25) is 0 Å². The van der Waals surface area contributed by atoms with E-state index in [2.05, 4.69) is 46.6 Å². The highest BCUT2D eigenvalue weighted by atomic mass is 16.3. The molecule has 0 aliphatic heterocycles. The number of hydrogen-bond acceptors (Lipinski definition) is 9. The van der Waals surface area contributed by atoms with Gasteiger partial charge in [-0.15, -0.1) is 0 Å². The molecular formula is C37H35N11O. The number of fused-ring (bicyclic) bond motifs is 2. The molecule has 12 nitrogen and oxygen atoms in total. The Morgan fingerprint density at radius 3 is 2.06 bits per heavy atom. The molecule has 1 aliphatic rings. The van der Waals surface area contributed by atoms with Gasteiger partial charge in [0.05, 0.1) is 29.4 Å². The van der Waals surface area contributed by atoms with Crippen LogP contribution < -0.4 is 5.73 Å². The Hall–Kier alpha value is -6.17. The van der Waals surface area contributed by atoms with E-state index >= 15 is 0 Å². The van der Waals surface area contributed by atoms with Crippen molar-refractivity contribution in [2.24, 2.45) is 14.1 Å². The lowest BCUT2D eigenvalue weighted by Gasteiger charge is -2.25. The summed E-state index contributed by atoms with van der Waals surface area (Å²) < 4.78 is 12.1. The van der Waals surface area contributed by atoms with Crippen molar-refractivity contribution in [1.82, 2.24) is 48.6 Å². The molecule has 1 saturated carbocycles. The van der Waals surface area contributed by atoms with Crippen molar-refractivity contribution in [2.45, 2.75) is 38.1 Å². The molecule has 6 aromatic heterocycles. The van der Waals surface area contributed by atoms with Gasteiger partial charge in [-0.25, -0.2) is 34.9 Å². The molecule has 0 atom stereocenters. The molecule has 1 fully saturated rings. The third-order valence-corrected chi connectivity index (χ3v) is 9.05. The molecule has 12 heteroatoms. The third-order valence-electron chi connectivity index (χ3n) is 9.05. The zero-order valence-corrected chi connectivity index (χ0v) is 27.3. The Morgan fingerprint density at radius 2 is 1.39 bits per heavy atom. The summed E-state index contributed by atoms with van der Waals surface area (Å²) in [6, 6.07) is 22.6. The maximum absolute atomic E-state index is 6.16. The van der Waals surface area contributed by atoms with Crippen molar-refractivity contribution in [1.29, 1.82) is 0 Å². The fourth-order valence-electron chi connectivity index (χ4n) is 6.71. The quantitative estimate of drug-likeness (QED) is 0.203. The second-order valence-electron chi connectivity index (χ2n) is 12.3. The van der Waals surface area contributed by atoms with Crippen LogP contribution in [-0.2, 0) is 14.1 Å². The standard InChI is InChI=1S/C21H23N7.C16H12N4O/c1-27-13-25-16(14-8-4-2-5-9-14)18(27)21-26-17-19(22)23-12-24-20(17)28(21)15-10-6-3-7-11-15;1-20-10-19-14(11-5-3-2-4-6-11)15(20)13-7-12-8-17-9-18-16(12)21-13/h2,4-5,8-9,12-13,15H,3,6-7,10-11H2,1H3,(H2,22,23,24);2-10H,1H3. The minimum absolute atomic E-state index is 0.363. The normalized spacial score (nSPS) is 13.5. The molecule has 1 aliphatic carbocycles. The fourth-order valence-corrected chi connectivity index (χ4v) is 6.71. The number of hydrogen-bond donors (Lipinski definition) is 1. The molecule has 49 heavy (non-hydrogen) atoms. The van der Waals surface area contributed by atoms with Gasteiger partial charge in [-0.2, -0.15) is 0 Å². The smallest absolute Gasteiger partial charge is 0.229 e. The lowest BCUT2D eigenvalue weighted by molar-refractivity contribution is 0.360. The summed E-state index contributed by atoms with van der Waals surface area (Å²) in [7, 11) is 3.96. The van der Waals surface area contributed by atoms with Crippen molar-refractivity contribution < 1.29 is 4.42 Å². The molecule has 0 saturated heterocycles. The van der Waals surface area contributed by atoms with Gasteiger partial charge in [0.1, 0.15) is 24.0 Å². The van der Waals surface area contributed by atoms with Gasteiger partial charge in [-0.1, -0.05) is 79.9 Å². The van der Waals surface area contributed by atoms with Crippen LogP contribution in [0.4, 0.5) is 5.82 Å². The first kappa shape index (κ1) is 30.2. The number of aromatic nitrogens is 10. The first-order chi connectivity index (χ1) is 24.1. The van der Waals surface area contributed by atoms with E-state index in [0.717, 1.165) is 69.4 Å². The van der Waals surface area contributed by atoms with Crippen molar-refractivity contribution in [3.8, 4) is 45.5 Å². The molecule has 2 aromatic carbocycles. The maximum atomic E-state index is 6.16. The highest BCUT2D eigenvalue weighted by Gasteiger charge is 2.27. The average molecular weight is 650 g/mol. The van der Waals surface area contributed by atoms with Crippen LogP contribution >= 0.6 is 0 Å². The predicted molar refractivity (Wildman–Crippen MR) is 189 cm³/mol. The number of furan rings is 1. The second kappa shape index (κ2) is 12.8. The SMILES string of the molecule is Cn1cnc(-c2ccccc2)c1-c1cc2cncnc2o1.Cn1cnc(-c2ccccc2)c1-c1nc2c(N)ncnc2n1C1CCCCC1. The Labute approximate surface area is 282 Å². The van der Waals surface area contributed by atoms with Gasteiger partial charge in [0.25, 0.3) is 0 Å². The lowest BCUT2D eigenvalue weighted by Crippen LogP contribution is -2.15. The van der Waals surface area contributed by atoms with Crippen LogP contribution in [0.3, 0.4) is 0 Å². The highest BCUT2D eigenvalue weighted by Crippen LogP contribution is 2.39. The number of aryl methyl sites for hydroxylation is 2. The van der Waals surface area contributed by atoms with Crippen LogP contribution in [0.1, 0.15) is 38.1 Å². The summed E-state index contributed by atoms with van der Waals surface area (Å²) in [5.74, 6) is 2.03. The van der Waals surface area contributed by atoms with Crippen LogP contribution in [0.2, 0.25) is 0 Å². The molecule has 244 valence electrons. The van der Waals surface area contributed by atoms with Crippen LogP contribution in [0.5, 0.6) is 0 Å². The van der Waals surface area contributed by atoms with Gasteiger partial charge in [0, 0.05) is 37.5 Å². The number of nitrogens with zero attached hydrogens (tertiary/aromatic N) is 10. The topological polar surface area (TPSA) is 144 Å². The van der Waals surface area contributed by atoms with Crippen LogP contribution in [0.25, 0.3) is 67.8 Å². The van der Waals surface area contributed by atoms with E-state index in [1.165, 1.54) is 31.9 Å². The minimum Gasteiger partial charge on any atom is -0.436 e. The Balaban J connectivity index is 0.000000148. The van der Waals surface area contributed by atoms with E-state index in [9.17, 15) is 0 Å². The van der Waals surface area contributed by atoms with Gasteiger partial charge < -0.3 is 23.9 Å². The van der Waals surface area contributed by atoms with E-state index in [1.54, 1.807) is 12.5 Å². The fraction of sp³-hybridized carbons (Fsp3) is 0.216. The van der Waals surface area contributed by atoms with E-state index in [-0.39, 0.29) is 0 Å². The van der Waals surface area contributed by atoms with Gasteiger partial charge in [0.15, 0.2) is 28.6 Å². The van der Waals surface area contributed by atoms with Crippen LogP contribution in [0, 0.1) is 0 Å². The molecule has 0 bridgehead atoms. The summed E-state index contributed by atoms with van der Waals surface area (Å²) in [4.78, 5) is 31.0. The molecule has 0 radical (unpaired) electrons. The highest BCUT2D eigenvalue weighted by molar-refractivity contribution is 5.87. The predicted octanol–water partition coefficient (Wildman–Crippen LogP) is 7.27. The van der Waals surface area contributed by atoms with E-state index in [4.69, 9.17) is 15.1 Å². The van der Waals surface area contributed by atoms with Gasteiger partial charge in [0.2, 0.25) is 5.71 Å².